The van der Waals surface area contributed by atoms with Gasteiger partial charge in [-0.1, -0.05) is 31.2 Å². The van der Waals surface area contributed by atoms with Crippen molar-refractivity contribution in [3.8, 4) is 0 Å². The van der Waals surface area contributed by atoms with Gasteiger partial charge >= 0.3 is 0 Å². The fourth-order valence-corrected chi connectivity index (χ4v) is 5.66. The molecule has 7 heteroatoms. The van der Waals surface area contributed by atoms with Gasteiger partial charge in [-0.2, -0.15) is 0 Å². The first-order chi connectivity index (χ1) is 14.7. The van der Waals surface area contributed by atoms with Gasteiger partial charge in [-0.25, -0.2) is 4.98 Å². The molecule has 30 heavy (non-hydrogen) atoms. The average Bonchev–Trinajstić information content (AvgIpc) is 3.42. The highest BCUT2D eigenvalue weighted by molar-refractivity contribution is 7.07. The fourth-order valence-electron chi connectivity index (χ4n) is 5.09. The predicted molar refractivity (Wildman–Crippen MR) is 117 cm³/mol. The molecule has 2 atom stereocenters. The van der Waals surface area contributed by atoms with Gasteiger partial charge in [-0.3, -0.25) is 9.69 Å². The van der Waals surface area contributed by atoms with Gasteiger partial charge in [0.15, 0.2) is 0 Å². The van der Waals surface area contributed by atoms with Crippen LogP contribution in [0.25, 0.3) is 0 Å². The van der Waals surface area contributed by atoms with Gasteiger partial charge in [0.1, 0.15) is 0 Å². The number of aliphatic hydroxyl groups is 1. The molecule has 2 aromatic rings. The van der Waals surface area contributed by atoms with Gasteiger partial charge in [0.05, 0.1) is 35.9 Å². The summed E-state index contributed by atoms with van der Waals surface area (Å²) in [7, 11) is 0. The molecule has 0 radical (unpaired) electrons. The number of aliphatic hydroxyl groups excluding tert-OH is 1. The number of nitrogens with zero attached hydrogens (tertiary/aromatic N) is 2. The number of ether oxygens (including phenoxy) is 1. The predicted octanol–water partition coefficient (Wildman–Crippen LogP) is 2.71. The molecule has 162 valence electrons. The van der Waals surface area contributed by atoms with Gasteiger partial charge in [-0.05, 0) is 30.4 Å². The van der Waals surface area contributed by atoms with Crippen LogP contribution in [-0.2, 0) is 28.2 Å². The molecule has 3 heterocycles. The number of benzene rings is 1. The van der Waals surface area contributed by atoms with Crippen molar-refractivity contribution in [2.75, 3.05) is 26.2 Å². The SMILES string of the molecule is CCC(C(Cc1cscn1)C(=O)NCCO)N1CCC2(CC1)OCc1ccccc12. The van der Waals surface area contributed by atoms with Gasteiger partial charge in [-0.15, -0.1) is 11.3 Å². The average molecular weight is 430 g/mol. The highest BCUT2D eigenvalue weighted by Crippen LogP contribution is 2.44. The molecule has 1 saturated heterocycles. The number of carbonyl (C=O) groups is 1. The van der Waals surface area contributed by atoms with E-state index in [1.54, 1.807) is 11.3 Å². The number of aromatic nitrogens is 1. The summed E-state index contributed by atoms with van der Waals surface area (Å²) in [6.45, 7) is 4.92. The summed E-state index contributed by atoms with van der Waals surface area (Å²) in [4.78, 5) is 19.9. The first-order valence-electron chi connectivity index (χ1n) is 10.9. The highest BCUT2D eigenvalue weighted by Gasteiger charge is 2.44. The maximum atomic E-state index is 13.0. The summed E-state index contributed by atoms with van der Waals surface area (Å²) < 4.78 is 6.32. The van der Waals surface area contributed by atoms with Crippen LogP contribution in [0.4, 0.5) is 0 Å². The lowest BCUT2D eigenvalue weighted by molar-refractivity contribution is -0.129. The molecular weight excluding hydrogens is 398 g/mol. The van der Waals surface area contributed by atoms with Crippen molar-refractivity contribution in [2.24, 2.45) is 5.92 Å². The standard InChI is InChI=1S/C23H31N3O3S/c1-2-21(19(22(28)24-9-12-27)13-18-15-30-16-25-18)26-10-7-23(8-11-26)20-6-4-3-5-17(20)14-29-23/h3-6,15-16,19,21,27H,2,7-14H2,1H3,(H,24,28). The quantitative estimate of drug-likeness (QED) is 0.675. The normalized spacial score (nSPS) is 20.1. The van der Waals surface area contributed by atoms with Crippen molar-refractivity contribution in [3.63, 3.8) is 0 Å². The van der Waals surface area contributed by atoms with Crippen molar-refractivity contribution < 1.29 is 14.6 Å². The number of likely N-dealkylation sites (tertiary alicyclic amines) is 1. The summed E-state index contributed by atoms with van der Waals surface area (Å²) >= 11 is 1.56. The minimum atomic E-state index is -0.186. The minimum Gasteiger partial charge on any atom is -0.395 e. The van der Waals surface area contributed by atoms with Crippen molar-refractivity contribution in [2.45, 2.75) is 50.9 Å². The van der Waals surface area contributed by atoms with E-state index >= 15 is 0 Å². The van der Waals surface area contributed by atoms with Crippen LogP contribution in [0.5, 0.6) is 0 Å². The number of carbonyl (C=O) groups excluding carboxylic acids is 1. The Hall–Kier alpha value is -1.80. The second kappa shape index (κ2) is 9.56. The Kier molecular flexibility index (Phi) is 6.83. The Labute approximate surface area is 182 Å². The fraction of sp³-hybridized carbons (Fsp3) is 0.565. The zero-order valence-corrected chi connectivity index (χ0v) is 18.4. The number of hydrogen-bond donors (Lipinski definition) is 2. The second-order valence-corrected chi connectivity index (χ2v) is 8.98. The number of amides is 1. The number of nitrogens with one attached hydrogen (secondary N) is 1. The summed E-state index contributed by atoms with van der Waals surface area (Å²) in [5.74, 6) is -0.180. The Balaban J connectivity index is 1.48. The van der Waals surface area contributed by atoms with E-state index in [4.69, 9.17) is 9.84 Å². The summed E-state index contributed by atoms with van der Waals surface area (Å²) in [6.07, 6.45) is 3.41. The van der Waals surface area contributed by atoms with Gasteiger partial charge in [0.25, 0.3) is 0 Å². The molecule has 2 N–H and O–H groups in total. The second-order valence-electron chi connectivity index (χ2n) is 8.26. The molecule has 6 nitrogen and oxygen atoms in total. The molecule has 4 rings (SSSR count). The molecule has 1 amide bonds. The van der Waals surface area contributed by atoms with Crippen LogP contribution in [0.2, 0.25) is 0 Å². The lowest BCUT2D eigenvalue weighted by Crippen LogP contribution is -2.52. The zero-order chi connectivity index (χ0) is 21.0. The van der Waals surface area contributed by atoms with Crippen molar-refractivity contribution >= 4 is 17.2 Å². The topological polar surface area (TPSA) is 74.7 Å². The zero-order valence-electron chi connectivity index (χ0n) is 17.5. The highest BCUT2D eigenvalue weighted by atomic mass is 32.1. The van der Waals surface area contributed by atoms with E-state index in [-0.39, 0.29) is 36.6 Å². The third kappa shape index (κ3) is 4.30. The van der Waals surface area contributed by atoms with Gasteiger partial charge in [0, 0.05) is 37.5 Å². The summed E-state index contributed by atoms with van der Waals surface area (Å²) in [5.41, 5.74) is 5.26. The molecule has 1 aromatic carbocycles. The minimum absolute atomic E-state index is 0.00616. The maximum absolute atomic E-state index is 13.0. The van der Waals surface area contributed by atoms with Crippen LogP contribution >= 0.6 is 11.3 Å². The maximum Gasteiger partial charge on any atom is 0.225 e. The molecule has 0 bridgehead atoms. The van der Waals surface area contributed by atoms with E-state index in [0.29, 0.717) is 13.0 Å². The molecule has 2 aliphatic rings. The van der Waals surface area contributed by atoms with Crippen LogP contribution in [0, 0.1) is 5.92 Å². The first kappa shape index (κ1) is 21.4. The number of rotatable bonds is 8. The Morgan fingerprint density at radius 3 is 2.87 bits per heavy atom. The first-order valence-corrected chi connectivity index (χ1v) is 11.8. The van der Waals surface area contributed by atoms with E-state index in [0.717, 1.165) is 38.0 Å². The van der Waals surface area contributed by atoms with Crippen molar-refractivity contribution in [3.05, 3.63) is 52.0 Å². The lowest BCUT2D eigenvalue weighted by atomic mass is 9.81. The van der Waals surface area contributed by atoms with E-state index in [2.05, 4.69) is 46.4 Å². The molecular formula is C23H31N3O3S. The smallest absolute Gasteiger partial charge is 0.225 e. The Bertz CT molecular complexity index is 834. The molecule has 0 saturated carbocycles. The van der Waals surface area contributed by atoms with Crippen LogP contribution in [0.1, 0.15) is 43.0 Å². The van der Waals surface area contributed by atoms with Gasteiger partial charge in [0.2, 0.25) is 5.91 Å². The summed E-state index contributed by atoms with van der Waals surface area (Å²) in [6, 6.07) is 8.70. The third-order valence-electron chi connectivity index (χ3n) is 6.63. The van der Waals surface area contributed by atoms with E-state index in [1.807, 2.05) is 10.9 Å². The van der Waals surface area contributed by atoms with E-state index < -0.39 is 0 Å². The van der Waals surface area contributed by atoms with Crippen molar-refractivity contribution in [1.29, 1.82) is 0 Å². The lowest BCUT2D eigenvalue weighted by Gasteiger charge is -2.44. The molecule has 2 unspecified atom stereocenters. The number of piperidine rings is 1. The molecule has 1 aromatic heterocycles. The van der Waals surface area contributed by atoms with Crippen molar-refractivity contribution in [1.82, 2.24) is 15.2 Å². The number of fused-ring (bicyclic) bond motifs is 2. The Morgan fingerprint density at radius 2 is 2.17 bits per heavy atom. The number of hydrogen-bond acceptors (Lipinski definition) is 6. The van der Waals surface area contributed by atoms with Crippen LogP contribution in [-0.4, -0.2) is 53.2 Å². The van der Waals surface area contributed by atoms with E-state index in [9.17, 15) is 4.79 Å². The number of thiazole rings is 1. The molecule has 0 aliphatic carbocycles. The van der Waals surface area contributed by atoms with Crippen LogP contribution in [0.15, 0.2) is 35.2 Å². The van der Waals surface area contributed by atoms with Crippen LogP contribution in [0.3, 0.4) is 0 Å². The molecule has 2 aliphatic heterocycles. The monoisotopic (exact) mass is 429 g/mol. The molecule has 1 spiro atoms. The third-order valence-corrected chi connectivity index (χ3v) is 7.27. The molecule has 1 fully saturated rings. The summed E-state index contributed by atoms with van der Waals surface area (Å²) in [5, 5.41) is 14.1. The largest absolute Gasteiger partial charge is 0.395 e. The Morgan fingerprint density at radius 1 is 1.37 bits per heavy atom. The van der Waals surface area contributed by atoms with Crippen LogP contribution < -0.4 is 5.32 Å². The van der Waals surface area contributed by atoms with E-state index in [1.165, 1.54) is 11.1 Å². The van der Waals surface area contributed by atoms with Gasteiger partial charge < -0.3 is 15.2 Å².